The van der Waals surface area contributed by atoms with Crippen LogP contribution >= 0.6 is 11.8 Å². The van der Waals surface area contributed by atoms with Gasteiger partial charge in [-0.1, -0.05) is 25.1 Å². The molecule has 67 heavy (non-hydrogen) atoms. The molecule has 382 valence electrons. The fourth-order valence-corrected chi connectivity index (χ4v) is 7.58. The summed E-state index contributed by atoms with van der Waals surface area (Å²) in [6.07, 6.45) is 7.46. The maximum atomic E-state index is 11.2. The van der Waals surface area contributed by atoms with E-state index in [0.29, 0.717) is 144 Å². The summed E-state index contributed by atoms with van der Waals surface area (Å²) in [7, 11) is 4.35. The number of carbonyl (C=O) groups is 1. The van der Waals surface area contributed by atoms with Gasteiger partial charge in [0.05, 0.1) is 143 Å². The number of unbranched alkanes of at least 4 members (excludes halogenated alkanes) is 2. The molecule has 19 heteroatoms. The third-order valence-corrected chi connectivity index (χ3v) is 11.9. The van der Waals surface area contributed by atoms with Crippen LogP contribution in [0.5, 0.6) is 0 Å². The summed E-state index contributed by atoms with van der Waals surface area (Å²) in [6, 6.07) is 6.62. The molecule has 2 aromatic heterocycles. The molecule has 18 nitrogen and oxygen atoms in total. The molecule has 0 bridgehead atoms. The number of nitrogens with two attached hydrogens (primary N) is 1. The van der Waals surface area contributed by atoms with Crippen molar-refractivity contribution in [3.05, 3.63) is 24.0 Å². The van der Waals surface area contributed by atoms with Gasteiger partial charge in [0.15, 0.2) is 10.9 Å². The van der Waals surface area contributed by atoms with Crippen molar-refractivity contribution in [2.75, 3.05) is 202 Å². The number of fused-ring (bicyclic) bond motifs is 3. The Kier molecular flexibility index (Phi) is 30.7. The van der Waals surface area contributed by atoms with Crippen LogP contribution in [0.15, 0.2) is 18.2 Å². The van der Waals surface area contributed by atoms with Crippen LogP contribution in [-0.2, 0) is 65.1 Å². The molecule has 1 aliphatic rings. The number of hydrogen-bond acceptors (Lipinski definition) is 18. The molecule has 3 heterocycles. The predicted molar refractivity (Wildman–Crippen MR) is 266 cm³/mol. The fourth-order valence-electron chi connectivity index (χ4n) is 7.30. The van der Waals surface area contributed by atoms with Crippen molar-refractivity contribution >= 4 is 50.3 Å². The highest BCUT2D eigenvalue weighted by atomic mass is 32.2. The van der Waals surface area contributed by atoms with Crippen molar-refractivity contribution in [1.82, 2.24) is 24.3 Å². The fraction of sp³-hybridized carbons (Fsp3) is 0.771. The number of hydrogen-bond donors (Lipinski definition) is 1. The lowest BCUT2D eigenvalue weighted by Crippen LogP contribution is -2.44. The lowest BCUT2D eigenvalue weighted by atomic mass is 10.1. The van der Waals surface area contributed by atoms with Crippen molar-refractivity contribution in [2.24, 2.45) is 0 Å². The first kappa shape index (κ1) is 56.8. The quantitative estimate of drug-likeness (QED) is 0.0790. The first-order chi connectivity index (χ1) is 32.9. The molecule has 0 saturated carbocycles. The predicted octanol–water partition coefficient (Wildman–Crippen LogP) is 4.42. The summed E-state index contributed by atoms with van der Waals surface area (Å²) in [5, 5.41) is 1.27. The third-order valence-electron chi connectivity index (χ3n) is 11.2. The van der Waals surface area contributed by atoms with Gasteiger partial charge in [0, 0.05) is 63.2 Å². The van der Waals surface area contributed by atoms with Crippen molar-refractivity contribution < 1.29 is 52.2 Å². The Morgan fingerprint density at radius 2 is 1.15 bits per heavy atom. The summed E-state index contributed by atoms with van der Waals surface area (Å²) < 4.78 is 57.9. The standard InChI is InChI=1S/C48H83N7O11S/c1-5-6-9-44-51-46-47(42-40-41(10-11-43(42)50-48(46)49)54-17-15-53(3)16-18-54)55(44)14-8-7-13-52(2)19-21-58-23-25-60-27-29-62-31-33-64-35-37-66-39-38-65-36-34-63-32-30-61-28-26-59-24-22-57-20-12-45(56)67-4/h10-11,40H,5-9,12-39H2,1-4H3,(H2,49,50). The zero-order chi connectivity index (χ0) is 47.6. The molecule has 0 radical (unpaired) electrons. The molecule has 1 fully saturated rings. The SMILES string of the molecule is CCCCc1nc2c(N)nc3ccc(N4CCN(C)CC4)cc3c2n1CCCCN(C)CCOCCOCCOCCOCCOCCOCCOCCOCCOCCOCCC(=O)SC. The molecular formula is C48H83N7O11S. The Bertz CT molecular complexity index is 1740. The van der Waals surface area contributed by atoms with Gasteiger partial charge >= 0.3 is 0 Å². The van der Waals surface area contributed by atoms with E-state index in [0.717, 1.165) is 106 Å². The Hall–Kier alpha value is -2.76. The largest absolute Gasteiger partial charge is 0.382 e. The molecule has 0 amide bonds. The normalized spacial score (nSPS) is 13.6. The number of rotatable bonds is 42. The van der Waals surface area contributed by atoms with Crippen LogP contribution < -0.4 is 10.6 Å². The van der Waals surface area contributed by atoms with Crippen molar-refractivity contribution in [1.29, 1.82) is 0 Å². The minimum Gasteiger partial charge on any atom is -0.382 e. The van der Waals surface area contributed by atoms with E-state index in [1.807, 2.05) is 0 Å². The molecule has 0 spiro atoms. The Morgan fingerprint density at radius 1 is 0.657 bits per heavy atom. The number of anilines is 2. The second-order valence-electron chi connectivity index (χ2n) is 16.4. The molecule has 4 rings (SSSR count). The van der Waals surface area contributed by atoms with Crippen molar-refractivity contribution in [3.8, 4) is 0 Å². The molecular weight excluding hydrogens is 883 g/mol. The Morgan fingerprint density at radius 3 is 1.64 bits per heavy atom. The van der Waals surface area contributed by atoms with E-state index in [1.165, 1.54) is 17.4 Å². The summed E-state index contributed by atoms with van der Waals surface area (Å²) in [4.78, 5) is 28.2. The molecule has 1 saturated heterocycles. The number of imidazole rings is 1. The summed E-state index contributed by atoms with van der Waals surface area (Å²) in [5.74, 6) is 1.62. The number of nitrogen functional groups attached to an aromatic ring is 1. The highest BCUT2D eigenvalue weighted by Crippen LogP contribution is 2.32. The lowest BCUT2D eigenvalue weighted by molar-refractivity contribution is -0.112. The van der Waals surface area contributed by atoms with Crippen LogP contribution in [0.25, 0.3) is 21.9 Å². The zero-order valence-electron chi connectivity index (χ0n) is 41.2. The number of aromatic nitrogens is 3. The van der Waals surface area contributed by atoms with E-state index in [-0.39, 0.29) is 5.12 Å². The van der Waals surface area contributed by atoms with Crippen LogP contribution in [0.3, 0.4) is 0 Å². The second kappa shape index (κ2) is 36.2. The molecule has 1 aliphatic heterocycles. The van der Waals surface area contributed by atoms with Gasteiger partial charge in [0.2, 0.25) is 0 Å². The molecule has 0 aliphatic carbocycles. The maximum Gasteiger partial charge on any atom is 0.190 e. The average Bonchev–Trinajstić information content (AvgIpc) is 3.71. The van der Waals surface area contributed by atoms with Crippen LogP contribution in [0.4, 0.5) is 11.5 Å². The number of carbonyl (C=O) groups excluding carboxylic acids is 1. The summed E-state index contributed by atoms with van der Waals surface area (Å²) in [6.45, 7) is 19.3. The maximum absolute atomic E-state index is 11.2. The van der Waals surface area contributed by atoms with Gasteiger partial charge in [-0.2, -0.15) is 0 Å². The zero-order valence-corrected chi connectivity index (χ0v) is 42.0. The number of likely N-dealkylation sites (N-methyl/N-ethyl adjacent to an activating group) is 2. The van der Waals surface area contributed by atoms with E-state index in [9.17, 15) is 4.79 Å². The van der Waals surface area contributed by atoms with Crippen LogP contribution in [0.1, 0.15) is 44.9 Å². The van der Waals surface area contributed by atoms with Crippen molar-refractivity contribution in [3.63, 3.8) is 0 Å². The monoisotopic (exact) mass is 966 g/mol. The Labute approximate surface area is 404 Å². The molecule has 2 N–H and O–H groups in total. The number of aryl methyl sites for hydroxylation is 2. The first-order valence-corrected chi connectivity index (χ1v) is 25.7. The number of pyridine rings is 1. The van der Waals surface area contributed by atoms with E-state index < -0.39 is 0 Å². The number of benzene rings is 1. The van der Waals surface area contributed by atoms with Gasteiger partial charge < -0.3 is 72.4 Å². The minimum absolute atomic E-state index is 0.131. The van der Waals surface area contributed by atoms with Gasteiger partial charge in [-0.15, -0.1) is 0 Å². The topological polar surface area (TPSA) is 176 Å². The van der Waals surface area contributed by atoms with Crippen LogP contribution in [0.2, 0.25) is 0 Å². The van der Waals surface area contributed by atoms with Crippen LogP contribution in [0, 0.1) is 0 Å². The average molecular weight is 966 g/mol. The first-order valence-electron chi connectivity index (χ1n) is 24.5. The number of nitrogens with zero attached hydrogens (tertiary/aromatic N) is 6. The number of thioether (sulfide) groups is 1. The molecule has 0 unspecified atom stereocenters. The Balaban J connectivity index is 0.908. The van der Waals surface area contributed by atoms with E-state index >= 15 is 0 Å². The van der Waals surface area contributed by atoms with E-state index in [2.05, 4.69) is 58.5 Å². The van der Waals surface area contributed by atoms with Crippen LogP contribution in [-0.4, -0.2) is 221 Å². The van der Waals surface area contributed by atoms with E-state index in [4.69, 9.17) is 63.1 Å². The smallest absolute Gasteiger partial charge is 0.190 e. The van der Waals surface area contributed by atoms with Gasteiger partial charge in [-0.05, 0) is 64.4 Å². The van der Waals surface area contributed by atoms with Gasteiger partial charge in [-0.3, -0.25) is 4.79 Å². The number of piperazine rings is 1. The van der Waals surface area contributed by atoms with E-state index in [1.54, 1.807) is 6.26 Å². The van der Waals surface area contributed by atoms with Gasteiger partial charge in [0.1, 0.15) is 11.3 Å². The lowest BCUT2D eigenvalue weighted by Gasteiger charge is -2.34. The molecule has 1 aromatic carbocycles. The van der Waals surface area contributed by atoms with Crippen molar-refractivity contribution in [2.45, 2.75) is 52.0 Å². The number of ether oxygens (including phenoxy) is 10. The molecule has 3 aromatic rings. The third kappa shape index (κ3) is 23.6. The highest BCUT2D eigenvalue weighted by molar-refractivity contribution is 8.13. The molecule has 0 atom stereocenters. The second-order valence-corrected chi connectivity index (χ2v) is 17.3. The minimum atomic E-state index is 0.131. The highest BCUT2D eigenvalue weighted by Gasteiger charge is 2.20. The summed E-state index contributed by atoms with van der Waals surface area (Å²) in [5.41, 5.74) is 10.7. The van der Waals surface area contributed by atoms with Gasteiger partial charge in [-0.25, -0.2) is 9.97 Å². The van der Waals surface area contributed by atoms with Gasteiger partial charge in [0.25, 0.3) is 0 Å². The summed E-state index contributed by atoms with van der Waals surface area (Å²) >= 11 is 1.22.